The molecule has 0 aliphatic carbocycles. The third kappa shape index (κ3) is 35.8. The van der Waals surface area contributed by atoms with Gasteiger partial charge in [-0.1, -0.05) is 181 Å². The summed E-state index contributed by atoms with van der Waals surface area (Å²) in [6.45, 7) is 2.08. The van der Waals surface area contributed by atoms with Gasteiger partial charge in [-0.05, 0) is 12.8 Å². The number of phosphoric ester groups is 1. The predicted molar refractivity (Wildman–Crippen MR) is 206 cm³/mol. The normalized spacial score (nSPS) is 13.9. The highest BCUT2D eigenvalue weighted by Gasteiger charge is 2.27. The minimum absolute atomic E-state index is 0.187. The van der Waals surface area contributed by atoms with E-state index >= 15 is 0 Å². The highest BCUT2D eigenvalue weighted by molar-refractivity contribution is 7.47. The topological polar surface area (TPSA) is 149 Å². The molecule has 0 aromatic rings. The van der Waals surface area contributed by atoms with Crippen LogP contribution in [-0.2, 0) is 32.7 Å². The predicted octanol–water partition coefficient (Wildman–Crippen LogP) is 10.7. The van der Waals surface area contributed by atoms with E-state index in [-0.39, 0.29) is 12.8 Å². The molecule has 0 aromatic heterocycles. The summed E-state index contributed by atoms with van der Waals surface area (Å²) in [5, 5.41) is 19.0. The largest absolute Gasteiger partial charge is 0.472 e. The van der Waals surface area contributed by atoms with Crippen molar-refractivity contribution in [3.8, 4) is 0 Å². The molecule has 3 atom stereocenters. The van der Waals surface area contributed by atoms with Crippen molar-refractivity contribution in [2.75, 3.05) is 26.4 Å². The van der Waals surface area contributed by atoms with Gasteiger partial charge in [0.1, 0.15) is 12.2 Å². The monoisotopic (exact) mass is 751 g/mol. The molecule has 0 aliphatic rings. The molecule has 0 saturated heterocycles. The number of phosphoric acid groups is 1. The first-order chi connectivity index (χ1) is 24.8. The van der Waals surface area contributed by atoms with Gasteiger partial charge in [-0.15, -0.1) is 0 Å². The Labute approximate surface area is 312 Å². The van der Waals surface area contributed by atoms with Crippen LogP contribution in [0.5, 0.6) is 0 Å². The fraction of sp³-hybridized carbons (Fsp3) is 0.950. The van der Waals surface area contributed by atoms with Crippen molar-refractivity contribution in [1.82, 2.24) is 0 Å². The molecule has 0 saturated carbocycles. The lowest BCUT2D eigenvalue weighted by molar-refractivity contribution is -0.153. The molecule has 0 fully saturated rings. The van der Waals surface area contributed by atoms with Gasteiger partial charge >= 0.3 is 19.8 Å². The number of aliphatic hydroxyl groups excluding tert-OH is 2. The Hall–Kier alpha value is -1.03. The van der Waals surface area contributed by atoms with Crippen molar-refractivity contribution >= 4 is 19.8 Å². The minimum atomic E-state index is -4.61. The van der Waals surface area contributed by atoms with Crippen molar-refractivity contribution in [2.24, 2.45) is 0 Å². The highest BCUT2D eigenvalue weighted by Crippen LogP contribution is 2.43. The molecular formula is C40H79O10P. The summed E-state index contributed by atoms with van der Waals surface area (Å²) in [7, 11) is -4.61. The third-order valence-corrected chi connectivity index (χ3v) is 10.3. The van der Waals surface area contributed by atoms with Crippen LogP contribution in [0.25, 0.3) is 0 Å². The van der Waals surface area contributed by atoms with Gasteiger partial charge in [0.2, 0.25) is 0 Å². The zero-order valence-electron chi connectivity index (χ0n) is 32.8. The van der Waals surface area contributed by atoms with Crippen LogP contribution in [0.1, 0.15) is 206 Å². The maximum Gasteiger partial charge on any atom is 0.472 e. The number of hydrogen-bond donors (Lipinski definition) is 3. The second-order valence-electron chi connectivity index (χ2n) is 14.3. The Morgan fingerprint density at radius 3 is 0.941 bits per heavy atom. The van der Waals surface area contributed by atoms with Gasteiger partial charge in [-0.25, -0.2) is 4.57 Å². The number of carbonyl (C=O) groups excluding carboxylic acids is 2. The molecule has 0 rings (SSSR count). The first-order valence-electron chi connectivity index (χ1n) is 21.0. The summed E-state index contributed by atoms with van der Waals surface area (Å²) in [5.74, 6) is -1.03. The molecule has 0 aliphatic heterocycles. The number of ether oxygens (including phenoxy) is 2. The number of esters is 2. The van der Waals surface area contributed by atoms with E-state index in [0.29, 0.717) is 12.8 Å². The molecular weight excluding hydrogens is 671 g/mol. The van der Waals surface area contributed by atoms with Crippen molar-refractivity contribution in [3.63, 3.8) is 0 Å². The fourth-order valence-corrected chi connectivity index (χ4v) is 6.84. The lowest BCUT2D eigenvalue weighted by Crippen LogP contribution is -2.28. The van der Waals surface area contributed by atoms with Crippen LogP contribution < -0.4 is 0 Å². The van der Waals surface area contributed by atoms with E-state index in [1.807, 2.05) is 0 Å². The highest BCUT2D eigenvalue weighted by atomic mass is 31.2. The van der Waals surface area contributed by atoms with Crippen LogP contribution in [0.3, 0.4) is 0 Å². The molecule has 3 N–H and O–H groups in total. The molecule has 0 spiro atoms. The first kappa shape index (κ1) is 50.0. The Morgan fingerprint density at radius 2 is 0.686 bits per heavy atom. The van der Waals surface area contributed by atoms with E-state index in [4.69, 9.17) is 18.5 Å². The zero-order chi connectivity index (χ0) is 37.7. The van der Waals surface area contributed by atoms with Gasteiger partial charge < -0.3 is 24.6 Å². The number of hydrogen-bond acceptors (Lipinski definition) is 9. The molecule has 0 radical (unpaired) electrons. The van der Waals surface area contributed by atoms with Gasteiger partial charge in [0.25, 0.3) is 0 Å². The molecule has 10 nitrogen and oxygen atoms in total. The van der Waals surface area contributed by atoms with E-state index in [9.17, 15) is 29.3 Å². The number of rotatable bonds is 40. The lowest BCUT2D eigenvalue weighted by Gasteiger charge is -2.20. The summed E-state index contributed by atoms with van der Waals surface area (Å²) < 4.78 is 32.2. The van der Waals surface area contributed by atoms with Gasteiger partial charge in [0.05, 0.1) is 26.4 Å². The number of carbonyl (C=O) groups is 2. The van der Waals surface area contributed by atoms with Crippen molar-refractivity contribution in [2.45, 2.75) is 219 Å². The summed E-state index contributed by atoms with van der Waals surface area (Å²) in [4.78, 5) is 34.0. The van der Waals surface area contributed by atoms with Crippen LogP contribution >= 0.6 is 7.82 Å². The van der Waals surface area contributed by atoms with E-state index < -0.39 is 58.4 Å². The minimum Gasteiger partial charge on any atom is -0.457 e. The third-order valence-electron chi connectivity index (χ3n) is 9.32. The van der Waals surface area contributed by atoms with Crippen molar-refractivity contribution in [3.05, 3.63) is 0 Å². The second kappa shape index (κ2) is 37.3. The van der Waals surface area contributed by atoms with Gasteiger partial charge in [-0.2, -0.15) is 0 Å². The van der Waals surface area contributed by atoms with E-state index in [2.05, 4.69) is 13.8 Å². The molecule has 0 amide bonds. The Morgan fingerprint density at radius 1 is 0.451 bits per heavy atom. The average Bonchev–Trinajstić information content (AvgIpc) is 3.12. The van der Waals surface area contributed by atoms with Crippen LogP contribution in [0.2, 0.25) is 0 Å². The maximum absolute atomic E-state index is 12.2. The Balaban J connectivity index is 3.69. The fourth-order valence-electron chi connectivity index (χ4n) is 6.06. The van der Waals surface area contributed by atoms with Gasteiger partial charge in [0.15, 0.2) is 0 Å². The van der Waals surface area contributed by atoms with E-state index in [1.54, 1.807) is 0 Å². The molecule has 304 valence electrons. The molecule has 51 heavy (non-hydrogen) atoms. The zero-order valence-corrected chi connectivity index (χ0v) is 33.7. The quantitative estimate of drug-likeness (QED) is 0.0314. The summed E-state index contributed by atoms with van der Waals surface area (Å²) in [6.07, 6.45) is 33.2. The molecule has 0 heterocycles. The molecule has 11 heteroatoms. The molecule has 0 aromatic carbocycles. The smallest absolute Gasteiger partial charge is 0.457 e. The number of aliphatic hydroxyl groups is 2. The standard InChI is InChI=1S/C40H79O10P/c1-3-5-7-9-10-11-12-13-14-15-16-17-18-19-20-21-22-23-24-25-26-27-28-30-32-40(44)50-38(34-42)36-48-51(45,46)47-35-37(33-41)49-39(43)31-29-8-6-4-2/h37-38,41-42H,3-36H2,1-2H3,(H,45,46). The van der Waals surface area contributed by atoms with Crippen LogP contribution in [0.15, 0.2) is 0 Å². The van der Waals surface area contributed by atoms with E-state index in [0.717, 1.165) is 38.5 Å². The van der Waals surface area contributed by atoms with Crippen molar-refractivity contribution < 1.29 is 47.8 Å². The summed E-state index contributed by atoms with van der Waals surface area (Å²) >= 11 is 0. The van der Waals surface area contributed by atoms with Crippen LogP contribution in [-0.4, -0.2) is 65.7 Å². The Kier molecular flexibility index (Phi) is 36.5. The maximum atomic E-state index is 12.2. The number of unbranched alkanes of at least 4 members (excludes halogenated alkanes) is 26. The van der Waals surface area contributed by atoms with Crippen molar-refractivity contribution in [1.29, 1.82) is 0 Å². The second-order valence-corrected chi connectivity index (χ2v) is 15.8. The lowest BCUT2D eigenvalue weighted by atomic mass is 10.0. The average molecular weight is 751 g/mol. The van der Waals surface area contributed by atoms with Crippen LogP contribution in [0.4, 0.5) is 0 Å². The molecule has 0 bridgehead atoms. The molecule has 3 unspecified atom stereocenters. The van der Waals surface area contributed by atoms with E-state index in [1.165, 1.54) is 128 Å². The van der Waals surface area contributed by atoms with Gasteiger partial charge in [0, 0.05) is 12.8 Å². The first-order valence-corrected chi connectivity index (χ1v) is 22.5. The summed E-state index contributed by atoms with van der Waals surface area (Å²) in [6, 6.07) is 0. The van der Waals surface area contributed by atoms with Gasteiger partial charge in [-0.3, -0.25) is 18.6 Å². The van der Waals surface area contributed by atoms with Crippen LogP contribution in [0, 0.1) is 0 Å². The Bertz CT molecular complexity index is 827. The summed E-state index contributed by atoms with van der Waals surface area (Å²) in [5.41, 5.74) is 0. The SMILES string of the molecule is CCCCCCCCCCCCCCCCCCCCCCCCCCC(=O)OC(CO)COP(=O)(O)OCC(CO)OC(=O)CCCCCC.